The summed E-state index contributed by atoms with van der Waals surface area (Å²) in [4.78, 5) is 20.4. The second kappa shape index (κ2) is 11.6. The van der Waals surface area contributed by atoms with Gasteiger partial charge in [-0.15, -0.1) is 5.10 Å². The molecule has 0 unspecified atom stereocenters. The van der Waals surface area contributed by atoms with Crippen LogP contribution in [-0.4, -0.2) is 64.1 Å². The molecule has 1 amide bonds. The number of aromatic nitrogens is 4. The van der Waals surface area contributed by atoms with E-state index < -0.39 is 17.6 Å². The molecule has 9 nitrogen and oxygen atoms in total. The van der Waals surface area contributed by atoms with Crippen molar-refractivity contribution in [3.63, 3.8) is 0 Å². The third-order valence-corrected chi connectivity index (χ3v) is 7.59. The number of alkyl halides is 3. The van der Waals surface area contributed by atoms with Crippen molar-refractivity contribution < 1.29 is 22.7 Å². The Kier molecular flexibility index (Phi) is 8.03. The Labute approximate surface area is 233 Å². The molecule has 0 spiro atoms. The summed E-state index contributed by atoms with van der Waals surface area (Å²) in [6, 6.07) is 8.24. The Balaban J connectivity index is 1.34. The van der Waals surface area contributed by atoms with E-state index in [1.807, 2.05) is 6.92 Å². The summed E-state index contributed by atoms with van der Waals surface area (Å²) in [5.74, 6) is -0.515. The van der Waals surface area contributed by atoms with Crippen LogP contribution in [0.3, 0.4) is 0 Å². The van der Waals surface area contributed by atoms with Crippen molar-refractivity contribution in [2.75, 3.05) is 43.9 Å². The van der Waals surface area contributed by atoms with E-state index in [2.05, 4.69) is 30.8 Å². The molecular weight excluding hydrogens is 543 g/mol. The molecule has 2 aromatic carbocycles. The molecule has 1 aliphatic heterocycles. The number of amides is 1. The van der Waals surface area contributed by atoms with Gasteiger partial charge in [-0.05, 0) is 62.7 Å². The zero-order valence-electron chi connectivity index (χ0n) is 22.0. The predicted molar refractivity (Wildman–Crippen MR) is 147 cm³/mol. The molecule has 4 aromatic rings. The summed E-state index contributed by atoms with van der Waals surface area (Å²) in [6.07, 6.45) is 1.06. The van der Waals surface area contributed by atoms with Crippen LogP contribution >= 0.6 is 11.3 Å². The quantitative estimate of drug-likeness (QED) is 0.274. The molecule has 1 aliphatic rings. The summed E-state index contributed by atoms with van der Waals surface area (Å²) >= 11 is 1.43. The normalized spacial score (nSPS) is 13.9. The fraction of sp³-hybridized carbons (Fsp3) is 0.333. The van der Waals surface area contributed by atoms with Crippen molar-refractivity contribution >= 4 is 28.1 Å². The van der Waals surface area contributed by atoms with E-state index >= 15 is 0 Å². The molecule has 0 aliphatic carbocycles. The smallest absolute Gasteiger partial charge is 0.416 e. The molecule has 0 saturated carbocycles. The Morgan fingerprint density at radius 1 is 1.15 bits per heavy atom. The van der Waals surface area contributed by atoms with Crippen LogP contribution in [0.15, 0.2) is 48.8 Å². The first-order chi connectivity index (χ1) is 19.2. The summed E-state index contributed by atoms with van der Waals surface area (Å²) in [6.45, 7) is 4.68. The second-order valence-corrected chi connectivity index (χ2v) is 10.5. The van der Waals surface area contributed by atoms with Crippen molar-refractivity contribution in [1.29, 1.82) is 0 Å². The average molecular weight is 572 g/mol. The van der Waals surface area contributed by atoms with Gasteiger partial charge in [0.2, 0.25) is 0 Å². The first kappa shape index (κ1) is 27.6. The van der Waals surface area contributed by atoms with Crippen molar-refractivity contribution in [2.24, 2.45) is 0 Å². The lowest BCUT2D eigenvalue weighted by molar-refractivity contribution is -0.137. The monoisotopic (exact) mass is 571 g/mol. The zero-order chi connectivity index (χ0) is 28.3. The number of ether oxygens (including phenoxy) is 1. The van der Waals surface area contributed by atoms with Gasteiger partial charge < -0.3 is 15.4 Å². The number of hydrogen-bond donors (Lipinski definition) is 2. The molecule has 0 radical (unpaired) electrons. The number of carbonyl (C=O) groups is 1. The number of thiazole rings is 1. The highest BCUT2D eigenvalue weighted by molar-refractivity contribution is 7.18. The molecular formula is C27H28F3N7O2S. The van der Waals surface area contributed by atoms with Gasteiger partial charge in [0, 0.05) is 37.1 Å². The molecule has 1 saturated heterocycles. The SMILES string of the molecule is CNc1ncc(-c2cn(-c3cc(C(=O)Nc4cc(OCCN5CCCC5)cc(C(F)(F)F)c4)ccc3C)nn2)s1. The van der Waals surface area contributed by atoms with Crippen molar-refractivity contribution in [3.05, 3.63) is 65.5 Å². The van der Waals surface area contributed by atoms with Crippen LogP contribution in [0, 0.1) is 6.92 Å². The first-order valence-corrected chi connectivity index (χ1v) is 13.6. The maximum Gasteiger partial charge on any atom is 0.416 e. The lowest BCUT2D eigenvalue weighted by atomic mass is 10.1. The number of benzene rings is 2. The highest BCUT2D eigenvalue weighted by atomic mass is 32.1. The fourth-order valence-corrected chi connectivity index (χ4v) is 5.14. The maximum absolute atomic E-state index is 13.6. The van der Waals surface area contributed by atoms with E-state index in [1.165, 1.54) is 17.4 Å². The van der Waals surface area contributed by atoms with Crippen LogP contribution in [0.5, 0.6) is 5.75 Å². The average Bonchev–Trinajstić information content (AvgIpc) is 3.70. The Bertz CT molecular complexity index is 1500. The Morgan fingerprint density at radius 2 is 1.95 bits per heavy atom. The van der Waals surface area contributed by atoms with Gasteiger partial charge in [-0.25, -0.2) is 9.67 Å². The Morgan fingerprint density at radius 3 is 2.67 bits per heavy atom. The van der Waals surface area contributed by atoms with Gasteiger partial charge in [-0.3, -0.25) is 9.69 Å². The summed E-state index contributed by atoms with van der Waals surface area (Å²) in [5.41, 5.74) is 1.41. The third-order valence-electron chi connectivity index (χ3n) is 6.55. The number of nitrogens with one attached hydrogen (secondary N) is 2. The van der Waals surface area contributed by atoms with E-state index in [1.54, 1.807) is 42.3 Å². The third kappa shape index (κ3) is 6.42. The standard InChI is InChI=1S/C27H28F3N7O2S/c1-17-5-6-18(11-23(17)37-16-22(34-35-37)24-15-32-26(31-2)40-24)25(38)33-20-12-19(27(28,29)30)13-21(14-20)39-10-9-36-7-3-4-8-36/h5-6,11-16H,3-4,7-10H2,1-2H3,(H,31,32)(H,33,38). The summed E-state index contributed by atoms with van der Waals surface area (Å²) in [7, 11) is 1.78. The van der Waals surface area contributed by atoms with Gasteiger partial charge in [0.15, 0.2) is 5.13 Å². The fourth-order valence-electron chi connectivity index (χ4n) is 4.42. The predicted octanol–water partition coefficient (Wildman–Crippen LogP) is 5.49. The highest BCUT2D eigenvalue weighted by Crippen LogP contribution is 2.34. The molecule has 210 valence electrons. The minimum atomic E-state index is -4.60. The molecule has 2 N–H and O–H groups in total. The molecule has 0 bridgehead atoms. The lowest BCUT2D eigenvalue weighted by Gasteiger charge is -2.17. The highest BCUT2D eigenvalue weighted by Gasteiger charge is 2.32. The van der Waals surface area contributed by atoms with Crippen LogP contribution in [0.4, 0.5) is 24.0 Å². The zero-order valence-corrected chi connectivity index (χ0v) is 22.8. The van der Waals surface area contributed by atoms with Gasteiger partial charge in [0.05, 0.1) is 22.3 Å². The van der Waals surface area contributed by atoms with Crippen molar-refractivity contribution in [2.45, 2.75) is 25.9 Å². The maximum atomic E-state index is 13.6. The van der Waals surface area contributed by atoms with E-state index in [0.717, 1.165) is 53.6 Å². The van der Waals surface area contributed by atoms with Crippen LogP contribution in [0.2, 0.25) is 0 Å². The molecule has 1 fully saturated rings. The van der Waals surface area contributed by atoms with Gasteiger partial charge in [0.1, 0.15) is 18.1 Å². The summed E-state index contributed by atoms with van der Waals surface area (Å²) < 4.78 is 48.0. The van der Waals surface area contributed by atoms with E-state index in [4.69, 9.17) is 4.74 Å². The summed E-state index contributed by atoms with van der Waals surface area (Å²) in [5, 5.41) is 14.7. The van der Waals surface area contributed by atoms with Crippen LogP contribution in [0.25, 0.3) is 16.3 Å². The number of carbonyl (C=O) groups excluding carboxylic acids is 1. The van der Waals surface area contributed by atoms with Crippen LogP contribution < -0.4 is 15.4 Å². The van der Waals surface area contributed by atoms with Gasteiger partial charge >= 0.3 is 6.18 Å². The number of nitrogens with zero attached hydrogens (tertiary/aromatic N) is 5. The molecule has 5 rings (SSSR count). The second-order valence-electron chi connectivity index (χ2n) is 9.42. The number of likely N-dealkylation sites (tertiary alicyclic amines) is 1. The van der Waals surface area contributed by atoms with Gasteiger partial charge in [-0.1, -0.05) is 22.6 Å². The van der Waals surface area contributed by atoms with Crippen molar-refractivity contribution in [1.82, 2.24) is 24.9 Å². The largest absolute Gasteiger partial charge is 0.492 e. The van der Waals surface area contributed by atoms with Crippen molar-refractivity contribution in [3.8, 4) is 22.0 Å². The Hall–Kier alpha value is -3.97. The van der Waals surface area contributed by atoms with E-state index in [0.29, 0.717) is 17.9 Å². The first-order valence-electron chi connectivity index (χ1n) is 12.8. The van der Waals surface area contributed by atoms with Gasteiger partial charge in [-0.2, -0.15) is 13.2 Å². The number of rotatable bonds is 9. The van der Waals surface area contributed by atoms with Crippen LogP contribution in [0.1, 0.15) is 34.3 Å². The van der Waals surface area contributed by atoms with Crippen LogP contribution in [-0.2, 0) is 6.18 Å². The van der Waals surface area contributed by atoms with E-state index in [-0.39, 0.29) is 23.6 Å². The molecule has 0 atom stereocenters. The number of halogens is 3. The lowest BCUT2D eigenvalue weighted by Crippen LogP contribution is -2.25. The minimum Gasteiger partial charge on any atom is -0.492 e. The van der Waals surface area contributed by atoms with E-state index in [9.17, 15) is 18.0 Å². The molecule has 40 heavy (non-hydrogen) atoms. The minimum absolute atomic E-state index is 0.00769. The molecule has 3 heterocycles. The van der Waals surface area contributed by atoms with Gasteiger partial charge in [0.25, 0.3) is 5.91 Å². The topological polar surface area (TPSA) is 97.2 Å². The number of aryl methyl sites for hydroxylation is 1. The molecule has 2 aromatic heterocycles. The number of hydrogen-bond acceptors (Lipinski definition) is 8. The number of anilines is 2. The molecule has 13 heteroatoms.